The highest BCUT2D eigenvalue weighted by Crippen LogP contribution is 1.98. The predicted octanol–water partition coefficient (Wildman–Crippen LogP) is 1.25. The third kappa shape index (κ3) is 5.50. The molecule has 0 aliphatic carbocycles. The van der Waals surface area contributed by atoms with Crippen molar-refractivity contribution >= 4 is 6.29 Å². The van der Waals surface area contributed by atoms with Crippen LogP contribution in [0.15, 0.2) is 0 Å². The van der Waals surface area contributed by atoms with Gasteiger partial charge >= 0.3 is 0 Å². The lowest BCUT2D eigenvalue weighted by Crippen LogP contribution is -2.05. The zero-order chi connectivity index (χ0) is 7.11. The first-order chi connectivity index (χ1) is 4.31. The van der Waals surface area contributed by atoms with Crippen LogP contribution in [0.4, 0.5) is 0 Å². The summed E-state index contributed by atoms with van der Waals surface area (Å²) >= 11 is 0. The number of carbonyl (C=O) groups is 1. The van der Waals surface area contributed by atoms with Gasteiger partial charge < -0.3 is 9.53 Å². The van der Waals surface area contributed by atoms with E-state index in [9.17, 15) is 4.79 Å². The van der Waals surface area contributed by atoms with Gasteiger partial charge in [0.15, 0.2) is 0 Å². The van der Waals surface area contributed by atoms with Crippen molar-refractivity contribution in [1.82, 2.24) is 0 Å². The summed E-state index contributed by atoms with van der Waals surface area (Å²) in [4.78, 5) is 9.92. The van der Waals surface area contributed by atoms with Crippen molar-refractivity contribution in [1.29, 1.82) is 0 Å². The molecule has 0 N–H and O–H groups in total. The largest absolute Gasteiger partial charge is 0.381 e. The average molecular weight is 130 g/mol. The molecule has 0 aliphatic heterocycles. The molecule has 0 aromatic heterocycles. The topological polar surface area (TPSA) is 26.3 Å². The van der Waals surface area contributed by atoms with E-state index in [2.05, 4.69) is 0 Å². The van der Waals surface area contributed by atoms with Crippen LogP contribution in [0, 0.1) is 5.92 Å². The van der Waals surface area contributed by atoms with Crippen LogP contribution < -0.4 is 0 Å². The minimum absolute atomic E-state index is 0.377. The second-order valence-corrected chi connectivity index (χ2v) is 2.17. The number of ether oxygens (including phenoxy) is 1. The van der Waals surface area contributed by atoms with Crippen LogP contribution in [0.2, 0.25) is 0 Å². The summed E-state index contributed by atoms with van der Waals surface area (Å²) in [6, 6.07) is 0. The van der Waals surface area contributed by atoms with Gasteiger partial charge in [-0.15, -0.1) is 0 Å². The van der Waals surface area contributed by atoms with Gasteiger partial charge in [-0.25, -0.2) is 0 Å². The summed E-state index contributed by atoms with van der Waals surface area (Å²) in [6.07, 6.45) is 1.55. The molecule has 0 saturated heterocycles. The van der Waals surface area contributed by atoms with E-state index < -0.39 is 0 Å². The van der Waals surface area contributed by atoms with E-state index in [0.29, 0.717) is 18.9 Å². The number of hydrogen-bond acceptors (Lipinski definition) is 2. The van der Waals surface area contributed by atoms with E-state index >= 15 is 0 Å². The quantitative estimate of drug-likeness (QED) is 0.523. The van der Waals surface area contributed by atoms with Crippen LogP contribution in [0.1, 0.15) is 20.3 Å². The van der Waals surface area contributed by atoms with Crippen molar-refractivity contribution in [2.75, 3.05) is 13.2 Å². The molecule has 2 heteroatoms. The van der Waals surface area contributed by atoms with Crippen molar-refractivity contribution in [3.63, 3.8) is 0 Å². The van der Waals surface area contributed by atoms with Gasteiger partial charge in [-0.1, -0.05) is 6.92 Å². The zero-order valence-corrected chi connectivity index (χ0v) is 6.09. The Morgan fingerprint density at radius 3 is 2.78 bits per heavy atom. The lowest BCUT2D eigenvalue weighted by Gasteiger charge is -2.05. The van der Waals surface area contributed by atoms with Crippen LogP contribution in [-0.4, -0.2) is 19.5 Å². The first kappa shape index (κ1) is 8.63. The number of hydrogen-bond donors (Lipinski definition) is 0. The van der Waals surface area contributed by atoms with Gasteiger partial charge in [-0.2, -0.15) is 0 Å². The Labute approximate surface area is 56.2 Å². The maximum absolute atomic E-state index is 9.92. The van der Waals surface area contributed by atoms with Crippen LogP contribution in [0.3, 0.4) is 0 Å². The monoisotopic (exact) mass is 130 g/mol. The lowest BCUT2D eigenvalue weighted by molar-refractivity contribution is -0.108. The molecule has 54 valence electrons. The van der Waals surface area contributed by atoms with Crippen molar-refractivity contribution < 1.29 is 9.53 Å². The van der Waals surface area contributed by atoms with Crippen molar-refractivity contribution in [3.05, 3.63) is 0 Å². The predicted molar refractivity (Wildman–Crippen MR) is 36.3 cm³/mol. The van der Waals surface area contributed by atoms with Gasteiger partial charge in [0, 0.05) is 19.6 Å². The van der Waals surface area contributed by atoms with Gasteiger partial charge in [-0.05, 0) is 12.8 Å². The molecule has 0 fully saturated rings. The van der Waals surface area contributed by atoms with Gasteiger partial charge in [-0.3, -0.25) is 0 Å². The van der Waals surface area contributed by atoms with Gasteiger partial charge in [0.2, 0.25) is 0 Å². The molecule has 9 heavy (non-hydrogen) atoms. The Bertz CT molecular complexity index is 71.3. The van der Waals surface area contributed by atoms with E-state index in [0.717, 1.165) is 12.9 Å². The van der Waals surface area contributed by atoms with Gasteiger partial charge in [0.1, 0.15) is 6.29 Å². The summed E-state index contributed by atoms with van der Waals surface area (Å²) in [6.45, 7) is 5.40. The van der Waals surface area contributed by atoms with Crippen molar-refractivity contribution in [3.8, 4) is 0 Å². The van der Waals surface area contributed by atoms with Crippen molar-refractivity contribution in [2.45, 2.75) is 20.3 Å². The minimum Gasteiger partial charge on any atom is -0.381 e. The molecular weight excluding hydrogens is 116 g/mol. The molecule has 0 rings (SSSR count). The first-order valence-electron chi connectivity index (χ1n) is 3.32. The highest BCUT2D eigenvalue weighted by molar-refractivity contribution is 5.49. The number of carbonyl (C=O) groups excluding carboxylic acids is 1. The molecule has 0 aliphatic rings. The Hall–Kier alpha value is -0.370. The molecule has 0 heterocycles. The molecule has 2 nitrogen and oxygen atoms in total. The fourth-order valence-corrected chi connectivity index (χ4v) is 0.551. The Kier molecular flexibility index (Phi) is 5.52. The molecule has 1 atom stereocenters. The SMILES string of the molecule is CCOC[C@@H](C)CC=O. The molecule has 0 radical (unpaired) electrons. The Morgan fingerprint density at radius 1 is 1.67 bits per heavy atom. The third-order valence-corrected chi connectivity index (χ3v) is 1.11. The maximum atomic E-state index is 9.92. The van der Waals surface area contributed by atoms with Crippen LogP contribution in [-0.2, 0) is 9.53 Å². The zero-order valence-electron chi connectivity index (χ0n) is 6.09. The fraction of sp³-hybridized carbons (Fsp3) is 0.857. The second kappa shape index (κ2) is 5.76. The molecule has 0 aromatic rings. The van der Waals surface area contributed by atoms with Crippen molar-refractivity contribution in [2.24, 2.45) is 5.92 Å². The van der Waals surface area contributed by atoms with Crippen LogP contribution in [0.25, 0.3) is 0 Å². The van der Waals surface area contributed by atoms with E-state index in [1.54, 1.807) is 0 Å². The van der Waals surface area contributed by atoms with Crippen LogP contribution >= 0.6 is 0 Å². The minimum atomic E-state index is 0.377. The number of aldehydes is 1. The highest BCUT2D eigenvalue weighted by Gasteiger charge is 1.98. The molecule has 0 aromatic carbocycles. The second-order valence-electron chi connectivity index (χ2n) is 2.17. The van der Waals surface area contributed by atoms with Gasteiger partial charge in [0.05, 0.1) is 0 Å². The summed E-state index contributed by atoms with van der Waals surface area (Å²) in [5.41, 5.74) is 0. The fourth-order valence-electron chi connectivity index (χ4n) is 0.551. The summed E-state index contributed by atoms with van der Waals surface area (Å²) in [7, 11) is 0. The van der Waals surface area contributed by atoms with E-state index in [1.807, 2.05) is 13.8 Å². The molecular formula is C7H14O2. The molecule has 0 saturated carbocycles. The van der Waals surface area contributed by atoms with E-state index in [-0.39, 0.29) is 0 Å². The summed E-state index contributed by atoms with van der Waals surface area (Å²) < 4.78 is 5.09. The number of rotatable bonds is 5. The molecule has 0 bridgehead atoms. The summed E-state index contributed by atoms with van der Waals surface area (Å²) in [5, 5.41) is 0. The lowest BCUT2D eigenvalue weighted by atomic mass is 10.1. The standard InChI is InChI=1S/C7H14O2/c1-3-9-6-7(2)4-5-8/h5,7H,3-4,6H2,1-2H3/t7-/m0/s1. The Balaban J connectivity index is 3.04. The van der Waals surface area contributed by atoms with E-state index in [1.165, 1.54) is 0 Å². The normalized spacial score (nSPS) is 13.1. The molecule has 0 unspecified atom stereocenters. The smallest absolute Gasteiger partial charge is 0.120 e. The Morgan fingerprint density at radius 2 is 2.33 bits per heavy atom. The molecule has 0 spiro atoms. The first-order valence-corrected chi connectivity index (χ1v) is 3.32. The maximum Gasteiger partial charge on any atom is 0.120 e. The summed E-state index contributed by atoms with van der Waals surface area (Å²) in [5.74, 6) is 0.377. The van der Waals surface area contributed by atoms with Crippen LogP contribution in [0.5, 0.6) is 0 Å². The average Bonchev–Trinajstić information content (AvgIpc) is 1.85. The molecule has 0 amide bonds. The van der Waals surface area contributed by atoms with E-state index in [4.69, 9.17) is 4.74 Å². The van der Waals surface area contributed by atoms with Gasteiger partial charge in [0.25, 0.3) is 0 Å². The third-order valence-electron chi connectivity index (χ3n) is 1.11. The highest BCUT2D eigenvalue weighted by atomic mass is 16.5.